The van der Waals surface area contributed by atoms with Crippen molar-refractivity contribution in [2.75, 3.05) is 27.8 Å². The number of pyridine rings is 1. The van der Waals surface area contributed by atoms with E-state index in [1.807, 2.05) is 24.3 Å². The van der Waals surface area contributed by atoms with E-state index >= 15 is 0 Å². The molecule has 1 aliphatic heterocycles. The highest BCUT2D eigenvalue weighted by molar-refractivity contribution is 7.99. The Balaban J connectivity index is 1.33. The fourth-order valence-corrected chi connectivity index (χ4v) is 4.27. The highest BCUT2D eigenvalue weighted by atomic mass is 32.2. The Morgan fingerprint density at radius 1 is 0.969 bits per heavy atom. The summed E-state index contributed by atoms with van der Waals surface area (Å²) in [6.07, 6.45) is 1.92. The number of fused-ring (bicyclic) bond motifs is 1. The molecule has 0 aliphatic carbocycles. The topological polar surface area (TPSA) is 91.4 Å². The molecule has 1 aromatic heterocycles. The summed E-state index contributed by atoms with van der Waals surface area (Å²) >= 11 is 1.64. The number of benzene rings is 2. The maximum absolute atomic E-state index is 12.8. The lowest BCUT2D eigenvalue weighted by molar-refractivity contribution is -0.115. The van der Waals surface area contributed by atoms with Crippen LogP contribution in [-0.4, -0.2) is 35.0 Å². The van der Waals surface area contributed by atoms with Crippen molar-refractivity contribution in [2.24, 2.45) is 0 Å². The van der Waals surface area contributed by atoms with E-state index in [9.17, 15) is 14.4 Å². The maximum Gasteiger partial charge on any atom is 0.326 e. The van der Waals surface area contributed by atoms with E-state index in [-0.39, 0.29) is 24.1 Å². The third-order valence-electron chi connectivity index (χ3n) is 4.99. The Kier molecular flexibility index (Phi) is 6.51. The minimum Gasteiger partial charge on any atom is -0.326 e. The number of urea groups is 1. The monoisotopic (exact) mass is 446 g/mol. The average Bonchev–Trinajstić information content (AvgIpc) is 2.80. The van der Waals surface area contributed by atoms with Gasteiger partial charge in [-0.25, -0.2) is 9.78 Å². The van der Waals surface area contributed by atoms with Gasteiger partial charge in [0, 0.05) is 35.4 Å². The molecule has 1 aliphatic rings. The van der Waals surface area contributed by atoms with Crippen molar-refractivity contribution in [3.8, 4) is 0 Å². The third-order valence-corrected chi connectivity index (χ3v) is 5.96. The smallest absolute Gasteiger partial charge is 0.326 e. The summed E-state index contributed by atoms with van der Waals surface area (Å²) in [5, 5.41) is 6.58. The Hall–Kier alpha value is -3.65. The van der Waals surface area contributed by atoms with Gasteiger partial charge in [-0.3, -0.25) is 14.5 Å². The van der Waals surface area contributed by atoms with Gasteiger partial charge in [-0.05, 0) is 61.0 Å². The van der Waals surface area contributed by atoms with Gasteiger partial charge in [0.15, 0.2) is 5.78 Å². The molecule has 0 bridgehead atoms. The van der Waals surface area contributed by atoms with Gasteiger partial charge in [0.25, 0.3) is 0 Å². The number of carbonyl (C=O) groups excluding carboxylic acids is 3. The number of hydrogen-bond donors (Lipinski definition) is 2. The van der Waals surface area contributed by atoms with Crippen LogP contribution in [0.15, 0.2) is 71.9 Å². The Bertz CT molecular complexity index is 1150. The first kappa shape index (κ1) is 21.6. The minimum atomic E-state index is -0.209. The van der Waals surface area contributed by atoms with Crippen LogP contribution in [0.5, 0.6) is 0 Å². The SMILES string of the molecule is CC(=O)c1ccc(NC(=O)Cc2ccc(NC(=O)N3CCSc4ncccc43)cc2)cc1. The van der Waals surface area contributed by atoms with Crippen LogP contribution in [0.4, 0.5) is 21.9 Å². The fourth-order valence-electron chi connectivity index (χ4n) is 3.34. The Morgan fingerprint density at radius 2 is 1.66 bits per heavy atom. The molecule has 0 fully saturated rings. The van der Waals surface area contributed by atoms with Crippen LogP contribution in [0.2, 0.25) is 0 Å². The molecule has 0 atom stereocenters. The number of ketones is 1. The zero-order chi connectivity index (χ0) is 22.5. The molecule has 3 amide bonds. The van der Waals surface area contributed by atoms with Crippen LogP contribution in [0.3, 0.4) is 0 Å². The van der Waals surface area contributed by atoms with E-state index in [0.29, 0.717) is 23.5 Å². The van der Waals surface area contributed by atoms with Crippen LogP contribution < -0.4 is 15.5 Å². The van der Waals surface area contributed by atoms with Crippen LogP contribution >= 0.6 is 11.8 Å². The van der Waals surface area contributed by atoms with Gasteiger partial charge in [0.05, 0.1) is 12.1 Å². The number of rotatable bonds is 5. The number of nitrogens with zero attached hydrogens (tertiary/aromatic N) is 2. The summed E-state index contributed by atoms with van der Waals surface area (Å²) in [5.41, 5.74) is 3.53. The summed E-state index contributed by atoms with van der Waals surface area (Å²) in [4.78, 5) is 42.4. The van der Waals surface area contributed by atoms with Crippen molar-refractivity contribution in [3.05, 3.63) is 78.0 Å². The second kappa shape index (κ2) is 9.65. The lowest BCUT2D eigenvalue weighted by Gasteiger charge is -2.28. The third kappa shape index (κ3) is 5.15. The van der Waals surface area contributed by atoms with Gasteiger partial charge >= 0.3 is 6.03 Å². The van der Waals surface area contributed by atoms with Gasteiger partial charge in [0.1, 0.15) is 5.03 Å². The lowest BCUT2D eigenvalue weighted by Crippen LogP contribution is -2.38. The van der Waals surface area contributed by atoms with Crippen molar-refractivity contribution in [2.45, 2.75) is 18.4 Å². The quantitative estimate of drug-likeness (QED) is 0.559. The van der Waals surface area contributed by atoms with Gasteiger partial charge in [-0.1, -0.05) is 12.1 Å². The predicted octanol–water partition coefficient (Wildman–Crippen LogP) is 4.61. The molecule has 0 saturated heterocycles. The summed E-state index contributed by atoms with van der Waals surface area (Å²) in [6.45, 7) is 2.11. The van der Waals surface area contributed by atoms with E-state index in [1.54, 1.807) is 59.3 Å². The van der Waals surface area contributed by atoms with Gasteiger partial charge < -0.3 is 10.6 Å². The summed E-state index contributed by atoms with van der Waals surface area (Å²) in [6, 6.07) is 17.5. The molecule has 0 saturated carbocycles. The summed E-state index contributed by atoms with van der Waals surface area (Å²) < 4.78 is 0. The predicted molar refractivity (Wildman–Crippen MR) is 127 cm³/mol. The highest BCUT2D eigenvalue weighted by Crippen LogP contribution is 2.32. The molecule has 0 spiro atoms. The second-order valence-corrected chi connectivity index (χ2v) is 8.40. The van der Waals surface area contributed by atoms with Crippen molar-refractivity contribution in [3.63, 3.8) is 0 Å². The number of carbonyl (C=O) groups is 3. The average molecular weight is 447 g/mol. The first-order chi connectivity index (χ1) is 15.5. The first-order valence-corrected chi connectivity index (χ1v) is 11.1. The van der Waals surface area contributed by atoms with Crippen LogP contribution in [0.25, 0.3) is 0 Å². The van der Waals surface area contributed by atoms with E-state index in [1.165, 1.54) is 6.92 Å². The molecule has 162 valence electrons. The Morgan fingerprint density at radius 3 is 2.38 bits per heavy atom. The number of Topliss-reactive ketones (excluding diaryl/α,β-unsaturated/α-hetero) is 1. The number of nitrogens with one attached hydrogen (secondary N) is 2. The van der Waals surface area contributed by atoms with Crippen molar-refractivity contribution >= 4 is 46.5 Å². The molecule has 2 N–H and O–H groups in total. The molecule has 0 radical (unpaired) electrons. The number of anilines is 3. The second-order valence-electron chi connectivity index (χ2n) is 7.31. The van der Waals surface area contributed by atoms with Gasteiger partial charge in [-0.2, -0.15) is 0 Å². The lowest BCUT2D eigenvalue weighted by atomic mass is 10.1. The molecule has 3 aromatic rings. The van der Waals surface area contributed by atoms with Crippen molar-refractivity contribution in [1.82, 2.24) is 4.98 Å². The minimum absolute atomic E-state index is 0.0184. The standard InChI is InChI=1S/C24H22N4O3S/c1-16(29)18-6-10-19(11-7-18)26-22(30)15-17-4-8-20(9-5-17)27-24(31)28-13-14-32-23-21(28)3-2-12-25-23/h2-12H,13-15H2,1H3,(H,26,30)(H,27,31). The molecule has 2 heterocycles. The molecule has 8 heteroatoms. The normalized spacial score (nSPS) is 12.6. The van der Waals surface area contributed by atoms with Crippen molar-refractivity contribution in [1.29, 1.82) is 0 Å². The Labute approximate surface area is 190 Å². The number of aromatic nitrogens is 1. The zero-order valence-electron chi connectivity index (χ0n) is 17.5. The van der Waals surface area contributed by atoms with Crippen LogP contribution in [0, 0.1) is 0 Å². The number of thioether (sulfide) groups is 1. The maximum atomic E-state index is 12.8. The largest absolute Gasteiger partial charge is 0.326 e. The van der Waals surface area contributed by atoms with Crippen molar-refractivity contribution < 1.29 is 14.4 Å². The summed E-state index contributed by atoms with van der Waals surface area (Å²) in [5.74, 6) is 0.616. The number of hydrogen-bond acceptors (Lipinski definition) is 5. The zero-order valence-corrected chi connectivity index (χ0v) is 18.3. The van der Waals surface area contributed by atoms with E-state index in [2.05, 4.69) is 15.6 Å². The molecule has 7 nitrogen and oxygen atoms in total. The molecule has 2 aromatic carbocycles. The molecule has 0 unspecified atom stereocenters. The van der Waals surface area contributed by atoms with E-state index < -0.39 is 0 Å². The van der Waals surface area contributed by atoms with E-state index in [4.69, 9.17) is 0 Å². The highest BCUT2D eigenvalue weighted by Gasteiger charge is 2.23. The molecule has 4 rings (SSSR count). The molecular weight excluding hydrogens is 424 g/mol. The first-order valence-electron chi connectivity index (χ1n) is 10.2. The summed E-state index contributed by atoms with van der Waals surface area (Å²) in [7, 11) is 0. The van der Waals surface area contributed by atoms with Crippen LogP contribution in [0.1, 0.15) is 22.8 Å². The molecule has 32 heavy (non-hydrogen) atoms. The van der Waals surface area contributed by atoms with Gasteiger partial charge in [0.2, 0.25) is 5.91 Å². The van der Waals surface area contributed by atoms with E-state index in [0.717, 1.165) is 22.0 Å². The number of amides is 3. The molecular formula is C24H22N4O3S. The van der Waals surface area contributed by atoms with Crippen LogP contribution in [-0.2, 0) is 11.2 Å². The van der Waals surface area contributed by atoms with Gasteiger partial charge in [-0.15, -0.1) is 11.8 Å². The fraction of sp³-hybridized carbons (Fsp3) is 0.167.